The normalized spacial score (nSPS) is 14.9. The van der Waals surface area contributed by atoms with Crippen LogP contribution in [0.5, 0.6) is 0 Å². The zero-order valence-electron chi connectivity index (χ0n) is 21.0. The molecule has 34 heavy (non-hydrogen) atoms. The molecule has 2 N–H and O–H groups in total. The fourth-order valence-corrected chi connectivity index (χ4v) is 6.04. The molecule has 0 heterocycles. The molecule has 0 aromatic heterocycles. The van der Waals surface area contributed by atoms with Gasteiger partial charge >= 0.3 is 0 Å². The molecule has 9 heteroatoms. The lowest BCUT2D eigenvalue weighted by Crippen LogP contribution is -2.49. The van der Waals surface area contributed by atoms with Crippen LogP contribution in [-0.4, -0.2) is 63.2 Å². The van der Waals surface area contributed by atoms with Crippen LogP contribution in [0, 0.1) is 6.92 Å². The Kier molecular flexibility index (Phi) is 9.92. The fourth-order valence-electron chi connectivity index (χ4n) is 3.22. The van der Waals surface area contributed by atoms with Crippen LogP contribution >= 0.6 is 11.6 Å². The molecular formula is C25H38ClNO5SSi. The summed E-state index contributed by atoms with van der Waals surface area (Å²) in [5.74, 6) is 0. The smallest absolute Gasteiger partial charge is 0.243 e. The Hall–Kier alpha value is -1.26. The van der Waals surface area contributed by atoms with Gasteiger partial charge in [-0.15, -0.1) is 0 Å². The van der Waals surface area contributed by atoms with Crippen LogP contribution in [0.25, 0.3) is 0 Å². The van der Waals surface area contributed by atoms with Crippen molar-refractivity contribution in [1.29, 1.82) is 0 Å². The predicted octanol–water partition coefficient (Wildman–Crippen LogP) is 4.63. The zero-order valence-corrected chi connectivity index (χ0v) is 23.5. The number of aliphatic hydroxyl groups excluding tert-OH is 2. The monoisotopic (exact) mass is 527 g/mol. The fraction of sp³-hybridized carbons (Fsp3) is 0.520. The molecule has 2 aromatic carbocycles. The standard InChI is InChI=1S/C25H38ClNO5SSi/c1-19-7-13-24(14-8-19)33(30,31)27(16-23(29)18-32-34(5,6)25(2,3)4)22(17-28)15-20-9-11-21(26)12-10-20/h7-14,22-23,28-29H,15-18H2,1-6H3. The second-order valence-corrected chi connectivity index (χ2v) is 17.4. The van der Waals surface area contributed by atoms with E-state index in [4.69, 9.17) is 16.0 Å². The molecule has 6 nitrogen and oxygen atoms in total. The van der Waals surface area contributed by atoms with Gasteiger partial charge in [-0.25, -0.2) is 8.42 Å². The number of nitrogens with zero attached hydrogens (tertiary/aromatic N) is 1. The van der Waals surface area contributed by atoms with Crippen molar-refractivity contribution in [3.8, 4) is 0 Å². The minimum absolute atomic E-state index is 0.0233. The molecule has 0 spiro atoms. The van der Waals surface area contributed by atoms with E-state index in [9.17, 15) is 18.6 Å². The van der Waals surface area contributed by atoms with E-state index in [1.165, 1.54) is 4.31 Å². The van der Waals surface area contributed by atoms with Crippen molar-refractivity contribution in [2.75, 3.05) is 19.8 Å². The molecule has 2 unspecified atom stereocenters. The Labute approximate surface area is 210 Å². The summed E-state index contributed by atoms with van der Waals surface area (Å²) >= 11 is 5.98. The summed E-state index contributed by atoms with van der Waals surface area (Å²) in [6.07, 6.45) is -0.775. The van der Waals surface area contributed by atoms with Gasteiger partial charge in [0.2, 0.25) is 10.0 Å². The van der Waals surface area contributed by atoms with E-state index in [0.717, 1.165) is 11.1 Å². The van der Waals surface area contributed by atoms with Crippen LogP contribution in [0.3, 0.4) is 0 Å². The number of aliphatic hydroxyl groups is 2. The third-order valence-corrected chi connectivity index (χ3v) is 13.1. The van der Waals surface area contributed by atoms with Gasteiger partial charge in [0.05, 0.1) is 30.3 Å². The molecule has 0 fully saturated rings. The van der Waals surface area contributed by atoms with E-state index >= 15 is 0 Å². The maximum Gasteiger partial charge on any atom is 0.243 e. The molecule has 0 radical (unpaired) electrons. The Morgan fingerprint density at radius 1 is 1.06 bits per heavy atom. The summed E-state index contributed by atoms with van der Waals surface area (Å²) in [7, 11) is -6.12. The van der Waals surface area contributed by atoms with Crippen molar-refractivity contribution in [1.82, 2.24) is 4.31 Å². The molecule has 2 aromatic rings. The van der Waals surface area contributed by atoms with Crippen LogP contribution in [0.1, 0.15) is 31.9 Å². The maximum atomic E-state index is 13.6. The van der Waals surface area contributed by atoms with Gasteiger partial charge in [0.1, 0.15) is 0 Å². The highest BCUT2D eigenvalue weighted by molar-refractivity contribution is 7.89. The van der Waals surface area contributed by atoms with Crippen molar-refractivity contribution < 1.29 is 23.1 Å². The average Bonchev–Trinajstić information content (AvgIpc) is 2.75. The number of sulfonamides is 1. The quantitative estimate of drug-likeness (QED) is 0.416. The SMILES string of the molecule is Cc1ccc(S(=O)(=O)N(CC(O)CO[Si](C)(C)C(C)(C)C)C(CO)Cc2ccc(Cl)cc2)cc1. The number of aryl methyl sites for hydroxylation is 1. The molecule has 0 bridgehead atoms. The summed E-state index contributed by atoms with van der Waals surface area (Å²) < 4.78 is 34.6. The number of halogens is 1. The highest BCUT2D eigenvalue weighted by atomic mass is 35.5. The average molecular weight is 528 g/mol. The highest BCUT2D eigenvalue weighted by Gasteiger charge is 2.38. The minimum Gasteiger partial charge on any atom is -0.414 e. The molecule has 0 aliphatic rings. The van der Waals surface area contributed by atoms with Gasteiger partial charge in [0.25, 0.3) is 0 Å². The molecule has 0 aliphatic carbocycles. The van der Waals surface area contributed by atoms with Gasteiger partial charge in [-0.3, -0.25) is 0 Å². The Bertz CT molecular complexity index is 1020. The maximum absolute atomic E-state index is 13.6. The van der Waals surface area contributed by atoms with Crippen molar-refractivity contribution in [3.63, 3.8) is 0 Å². The third-order valence-electron chi connectivity index (χ3n) is 6.46. The second kappa shape index (κ2) is 11.6. The van der Waals surface area contributed by atoms with E-state index in [0.29, 0.717) is 5.02 Å². The van der Waals surface area contributed by atoms with Crippen LogP contribution in [0.15, 0.2) is 53.4 Å². The largest absolute Gasteiger partial charge is 0.414 e. The lowest BCUT2D eigenvalue weighted by atomic mass is 10.1. The van der Waals surface area contributed by atoms with Crippen LogP contribution in [0.4, 0.5) is 0 Å². The first-order chi connectivity index (χ1) is 15.7. The van der Waals surface area contributed by atoms with Crippen LogP contribution in [0.2, 0.25) is 23.2 Å². The summed E-state index contributed by atoms with van der Waals surface area (Å²) in [4.78, 5) is 0.116. The number of rotatable bonds is 11. The number of hydrogen-bond acceptors (Lipinski definition) is 5. The van der Waals surface area contributed by atoms with Gasteiger partial charge in [-0.1, -0.05) is 62.2 Å². The second-order valence-electron chi connectivity index (χ2n) is 10.3. The van der Waals surface area contributed by atoms with Crippen molar-refractivity contribution in [3.05, 3.63) is 64.7 Å². The molecule has 0 saturated heterocycles. The number of hydrogen-bond donors (Lipinski definition) is 2. The van der Waals surface area contributed by atoms with E-state index in [2.05, 4.69) is 33.9 Å². The van der Waals surface area contributed by atoms with Gasteiger partial charge in [-0.05, 0) is 61.3 Å². The summed E-state index contributed by atoms with van der Waals surface area (Å²) in [6, 6.07) is 12.9. The van der Waals surface area contributed by atoms with Crippen LogP contribution in [-0.2, 0) is 20.9 Å². The summed E-state index contributed by atoms with van der Waals surface area (Å²) in [5.41, 5.74) is 1.77. The lowest BCUT2D eigenvalue weighted by molar-refractivity contribution is 0.0670. The van der Waals surface area contributed by atoms with Gasteiger partial charge < -0.3 is 14.6 Å². The first-order valence-corrected chi connectivity index (χ1v) is 16.2. The topological polar surface area (TPSA) is 87.1 Å². The third kappa shape index (κ3) is 7.62. The van der Waals surface area contributed by atoms with E-state index in [1.54, 1.807) is 48.5 Å². The van der Waals surface area contributed by atoms with E-state index in [1.807, 2.05) is 6.92 Å². The Balaban J connectivity index is 2.33. The lowest BCUT2D eigenvalue weighted by Gasteiger charge is -2.37. The Morgan fingerprint density at radius 3 is 2.12 bits per heavy atom. The first kappa shape index (κ1) is 29.0. The van der Waals surface area contributed by atoms with Gasteiger partial charge in [0.15, 0.2) is 8.32 Å². The molecule has 0 amide bonds. The molecule has 2 rings (SSSR count). The van der Waals surface area contributed by atoms with Gasteiger partial charge in [0, 0.05) is 11.6 Å². The first-order valence-electron chi connectivity index (χ1n) is 11.4. The van der Waals surface area contributed by atoms with Gasteiger partial charge in [-0.2, -0.15) is 4.31 Å². The molecule has 0 aliphatic heterocycles. The predicted molar refractivity (Wildman–Crippen MR) is 140 cm³/mol. The van der Waals surface area contributed by atoms with E-state index < -0.39 is 37.1 Å². The summed E-state index contributed by atoms with van der Waals surface area (Å²) in [5, 5.41) is 21.6. The highest BCUT2D eigenvalue weighted by Crippen LogP contribution is 2.36. The van der Waals surface area contributed by atoms with Crippen LogP contribution < -0.4 is 0 Å². The van der Waals surface area contributed by atoms with Crippen molar-refractivity contribution in [2.45, 2.75) is 69.3 Å². The molecular weight excluding hydrogens is 490 g/mol. The number of benzene rings is 2. The molecule has 2 atom stereocenters. The van der Waals surface area contributed by atoms with Crippen molar-refractivity contribution >= 4 is 29.9 Å². The zero-order chi connectivity index (χ0) is 25.7. The Morgan fingerprint density at radius 2 is 1.62 bits per heavy atom. The van der Waals surface area contributed by atoms with E-state index in [-0.39, 0.29) is 29.5 Å². The minimum atomic E-state index is -3.99. The molecule has 190 valence electrons. The van der Waals surface area contributed by atoms with Crippen molar-refractivity contribution in [2.24, 2.45) is 0 Å². The summed E-state index contributed by atoms with van der Waals surface area (Å²) in [6.45, 7) is 11.8. The molecule has 0 saturated carbocycles.